The van der Waals surface area contributed by atoms with Crippen molar-refractivity contribution in [2.75, 3.05) is 20.3 Å². The Morgan fingerprint density at radius 1 is 1.24 bits per heavy atom. The van der Waals surface area contributed by atoms with Crippen molar-refractivity contribution < 1.29 is 14.3 Å². The minimum atomic E-state index is -0.349. The van der Waals surface area contributed by atoms with Crippen LogP contribution in [-0.2, 0) is 16.0 Å². The fourth-order valence-corrected chi connectivity index (χ4v) is 2.29. The lowest BCUT2D eigenvalue weighted by Gasteiger charge is -2.13. The van der Waals surface area contributed by atoms with Crippen LogP contribution in [0.4, 0.5) is 0 Å². The molecule has 0 saturated carbocycles. The minimum Gasteiger partial charge on any atom is -0.491 e. The second-order valence-corrected chi connectivity index (χ2v) is 5.34. The molecule has 0 aliphatic heterocycles. The van der Waals surface area contributed by atoms with E-state index in [1.54, 1.807) is 19.5 Å². The summed E-state index contributed by atoms with van der Waals surface area (Å²) in [5.74, 6) is 0.149. The molecule has 1 aromatic heterocycles. The van der Waals surface area contributed by atoms with Crippen LogP contribution in [-0.4, -0.2) is 37.2 Å². The third-order valence-electron chi connectivity index (χ3n) is 3.44. The Bertz CT molecular complexity index is 728. The van der Waals surface area contributed by atoms with E-state index in [4.69, 9.17) is 20.9 Å². The Labute approximate surface area is 146 Å². The van der Waals surface area contributed by atoms with E-state index < -0.39 is 0 Å². The maximum Gasteiger partial charge on any atom is 0.249 e. The van der Waals surface area contributed by atoms with Crippen LogP contribution in [0.1, 0.15) is 12.0 Å². The zero-order valence-corrected chi connectivity index (χ0v) is 14.1. The first-order valence-electron chi connectivity index (χ1n) is 7.87. The van der Waals surface area contributed by atoms with Crippen LogP contribution >= 0.6 is 0 Å². The first kappa shape index (κ1) is 18.4. The Morgan fingerprint density at radius 3 is 2.76 bits per heavy atom. The second kappa shape index (κ2) is 9.39. The van der Waals surface area contributed by atoms with Gasteiger partial charge in [0.2, 0.25) is 5.91 Å². The lowest BCUT2D eigenvalue weighted by atomic mass is 10.0. The number of ether oxygens (including phenoxy) is 2. The van der Waals surface area contributed by atoms with Crippen molar-refractivity contribution in [3.05, 3.63) is 48.3 Å². The molecule has 0 saturated heterocycles. The van der Waals surface area contributed by atoms with Gasteiger partial charge in [-0.15, -0.1) is 0 Å². The van der Waals surface area contributed by atoms with E-state index in [2.05, 4.69) is 9.98 Å². The van der Waals surface area contributed by atoms with E-state index in [1.807, 2.05) is 30.3 Å². The summed E-state index contributed by atoms with van der Waals surface area (Å²) >= 11 is 0. The first-order valence-corrected chi connectivity index (χ1v) is 7.87. The highest BCUT2D eigenvalue weighted by Gasteiger charge is 2.09. The van der Waals surface area contributed by atoms with Gasteiger partial charge < -0.3 is 20.9 Å². The number of hydrogen-bond acceptors (Lipinski definition) is 4. The van der Waals surface area contributed by atoms with Gasteiger partial charge in [0, 0.05) is 37.1 Å². The molecule has 1 heterocycles. The van der Waals surface area contributed by atoms with Crippen molar-refractivity contribution in [2.24, 2.45) is 16.5 Å². The number of aliphatic imine (C=N–C) groups is 1. The first-order chi connectivity index (χ1) is 12.1. The molecule has 0 aliphatic rings. The molecule has 0 fully saturated rings. The molecular weight excluding hydrogens is 320 g/mol. The van der Waals surface area contributed by atoms with E-state index >= 15 is 0 Å². The van der Waals surface area contributed by atoms with Gasteiger partial charge in [0.15, 0.2) is 5.96 Å². The molecule has 1 aromatic carbocycles. The number of nitrogens with zero attached hydrogens (tertiary/aromatic N) is 2. The van der Waals surface area contributed by atoms with E-state index in [0.717, 1.165) is 22.4 Å². The number of benzene rings is 1. The Morgan fingerprint density at radius 2 is 2.08 bits per heavy atom. The zero-order valence-electron chi connectivity index (χ0n) is 14.1. The monoisotopic (exact) mass is 342 g/mol. The van der Waals surface area contributed by atoms with Gasteiger partial charge in [-0.25, -0.2) is 0 Å². The number of amides is 1. The lowest BCUT2D eigenvalue weighted by molar-refractivity contribution is -0.117. The van der Waals surface area contributed by atoms with Gasteiger partial charge in [-0.3, -0.25) is 9.78 Å². The molecule has 7 nitrogen and oxygen atoms in total. The van der Waals surface area contributed by atoms with Crippen molar-refractivity contribution in [1.82, 2.24) is 4.98 Å². The fourth-order valence-electron chi connectivity index (χ4n) is 2.29. The third-order valence-corrected chi connectivity index (χ3v) is 3.44. The molecule has 0 bridgehead atoms. The molecular formula is C18H22N4O3. The number of guanidine groups is 1. The Balaban J connectivity index is 2.18. The average molecular weight is 342 g/mol. The number of nitrogens with two attached hydrogens (primary N) is 2. The second-order valence-electron chi connectivity index (χ2n) is 5.34. The number of methoxy groups -OCH3 is 1. The molecule has 132 valence electrons. The Hall–Kier alpha value is -2.93. The summed E-state index contributed by atoms with van der Waals surface area (Å²) in [6, 6.07) is 9.66. The van der Waals surface area contributed by atoms with Crippen molar-refractivity contribution in [3.8, 4) is 16.9 Å². The molecule has 25 heavy (non-hydrogen) atoms. The molecule has 0 radical (unpaired) electrons. The van der Waals surface area contributed by atoms with Crippen LogP contribution in [0.15, 0.2) is 47.7 Å². The maximum absolute atomic E-state index is 11.6. The fraction of sp³-hybridized carbons (Fsp3) is 0.278. The highest BCUT2D eigenvalue weighted by Crippen LogP contribution is 2.31. The van der Waals surface area contributed by atoms with Crippen molar-refractivity contribution >= 4 is 11.9 Å². The quantitative estimate of drug-likeness (QED) is 0.427. The number of pyridine rings is 1. The summed E-state index contributed by atoms with van der Waals surface area (Å²) in [4.78, 5) is 19.3. The lowest BCUT2D eigenvalue weighted by Crippen LogP contribution is -2.24. The summed E-state index contributed by atoms with van der Waals surface area (Å²) in [6.45, 7) is 0.916. The molecule has 7 heteroatoms. The van der Waals surface area contributed by atoms with Gasteiger partial charge in [-0.05, 0) is 24.1 Å². The van der Waals surface area contributed by atoms with Crippen LogP contribution in [0, 0.1) is 0 Å². The smallest absolute Gasteiger partial charge is 0.249 e. The molecule has 1 amide bonds. The van der Waals surface area contributed by atoms with E-state index in [9.17, 15) is 4.79 Å². The number of rotatable bonds is 8. The summed E-state index contributed by atoms with van der Waals surface area (Å²) in [6.07, 6.45) is 4.24. The summed E-state index contributed by atoms with van der Waals surface area (Å²) < 4.78 is 10.9. The van der Waals surface area contributed by atoms with Gasteiger partial charge >= 0.3 is 0 Å². The number of carbonyl (C=O) groups excluding carboxylic acids is 1. The van der Waals surface area contributed by atoms with Crippen molar-refractivity contribution in [3.63, 3.8) is 0 Å². The van der Waals surface area contributed by atoms with Crippen molar-refractivity contribution in [1.29, 1.82) is 0 Å². The highest BCUT2D eigenvalue weighted by molar-refractivity contribution is 5.91. The number of aromatic nitrogens is 1. The van der Waals surface area contributed by atoms with E-state index in [1.165, 1.54) is 0 Å². The average Bonchev–Trinajstić information content (AvgIpc) is 2.60. The largest absolute Gasteiger partial charge is 0.491 e. The van der Waals surface area contributed by atoms with E-state index in [-0.39, 0.29) is 18.3 Å². The molecule has 0 aliphatic carbocycles. The molecule has 4 N–H and O–H groups in total. The van der Waals surface area contributed by atoms with Gasteiger partial charge in [0.05, 0.1) is 6.61 Å². The summed E-state index contributed by atoms with van der Waals surface area (Å²) in [7, 11) is 1.62. The van der Waals surface area contributed by atoms with Crippen LogP contribution in [0.5, 0.6) is 5.75 Å². The van der Waals surface area contributed by atoms with E-state index in [0.29, 0.717) is 19.6 Å². The summed E-state index contributed by atoms with van der Waals surface area (Å²) in [5.41, 5.74) is 13.3. The standard InChI is InChI=1S/C18H22N4O3/c1-24-9-10-25-16-11-13(5-7-17(23)22-18(19)20)4-6-15(16)14-3-2-8-21-12-14/h2-4,6,8,11-12H,5,7,9-10H2,1H3,(H4,19,20,22,23). The van der Waals surface area contributed by atoms with Crippen LogP contribution < -0.4 is 16.2 Å². The molecule has 2 rings (SSSR count). The molecule has 0 spiro atoms. The number of carbonyl (C=O) groups is 1. The van der Waals surface area contributed by atoms with Gasteiger partial charge in [0.1, 0.15) is 12.4 Å². The van der Waals surface area contributed by atoms with Crippen LogP contribution in [0.2, 0.25) is 0 Å². The molecule has 0 unspecified atom stereocenters. The van der Waals surface area contributed by atoms with Gasteiger partial charge in [0.25, 0.3) is 0 Å². The Kier molecular flexibility index (Phi) is 6.91. The molecule has 2 aromatic rings. The molecule has 0 atom stereocenters. The zero-order chi connectivity index (χ0) is 18.1. The SMILES string of the molecule is COCCOc1cc(CCC(=O)N=C(N)N)ccc1-c1cccnc1. The predicted molar refractivity (Wildman–Crippen MR) is 96.2 cm³/mol. The third kappa shape index (κ3) is 5.89. The maximum atomic E-state index is 11.6. The minimum absolute atomic E-state index is 0.222. The number of aryl methyl sites for hydroxylation is 1. The van der Waals surface area contributed by atoms with Gasteiger partial charge in [-0.1, -0.05) is 18.2 Å². The number of hydrogen-bond donors (Lipinski definition) is 2. The normalized spacial score (nSPS) is 10.3. The summed E-state index contributed by atoms with van der Waals surface area (Å²) in [5, 5.41) is 0. The van der Waals surface area contributed by atoms with Crippen LogP contribution in [0.25, 0.3) is 11.1 Å². The topological polar surface area (TPSA) is 113 Å². The van der Waals surface area contributed by atoms with Gasteiger partial charge in [-0.2, -0.15) is 4.99 Å². The van der Waals surface area contributed by atoms with Crippen molar-refractivity contribution in [2.45, 2.75) is 12.8 Å². The highest BCUT2D eigenvalue weighted by atomic mass is 16.5. The van der Waals surface area contributed by atoms with Crippen LogP contribution in [0.3, 0.4) is 0 Å². The predicted octanol–water partition coefficient (Wildman–Crippen LogP) is 1.51.